The molecule has 1 amide bonds. The number of phenols is 1. The normalized spacial score (nSPS) is 10.8. The summed E-state index contributed by atoms with van der Waals surface area (Å²) in [5, 5.41) is 24.1. The minimum atomic E-state index is -0.405. The summed E-state index contributed by atoms with van der Waals surface area (Å²) in [5.41, 5.74) is 3.29. The standard InChI is InChI=1S/C20H21N3O2/c1-15-3-2-4-17(11-15)13-22-14-18(12-21)20(25)23-10-9-16-5-7-19(24)8-6-16/h2-8,11,14,22,24H,9-10,13H2,1H3,(H,23,25)/b18-14-. The van der Waals surface area contributed by atoms with Gasteiger partial charge < -0.3 is 15.7 Å². The Bertz CT molecular complexity index is 789. The molecule has 3 N–H and O–H groups in total. The molecule has 0 aliphatic carbocycles. The van der Waals surface area contributed by atoms with Crippen LogP contribution in [0.25, 0.3) is 0 Å². The number of nitriles is 1. The number of benzene rings is 2. The smallest absolute Gasteiger partial charge is 0.263 e. The number of hydrogen-bond acceptors (Lipinski definition) is 4. The van der Waals surface area contributed by atoms with Gasteiger partial charge in [-0.2, -0.15) is 5.26 Å². The Hall–Kier alpha value is -3.26. The topological polar surface area (TPSA) is 85.2 Å². The van der Waals surface area contributed by atoms with E-state index in [2.05, 4.69) is 10.6 Å². The van der Waals surface area contributed by atoms with Gasteiger partial charge in [0.1, 0.15) is 17.4 Å². The quantitative estimate of drug-likeness (QED) is 0.536. The summed E-state index contributed by atoms with van der Waals surface area (Å²) in [6.07, 6.45) is 2.07. The number of nitrogens with zero attached hydrogens (tertiary/aromatic N) is 1. The van der Waals surface area contributed by atoms with E-state index in [1.54, 1.807) is 24.3 Å². The van der Waals surface area contributed by atoms with E-state index in [1.807, 2.05) is 37.3 Å². The van der Waals surface area contributed by atoms with Crippen LogP contribution in [0.2, 0.25) is 0 Å². The van der Waals surface area contributed by atoms with Crippen molar-refractivity contribution in [2.24, 2.45) is 0 Å². The lowest BCUT2D eigenvalue weighted by Gasteiger charge is -2.06. The van der Waals surface area contributed by atoms with Crippen LogP contribution in [0.4, 0.5) is 0 Å². The molecule has 2 aromatic rings. The fraction of sp³-hybridized carbons (Fsp3) is 0.200. The van der Waals surface area contributed by atoms with Gasteiger partial charge in [0, 0.05) is 19.3 Å². The van der Waals surface area contributed by atoms with Crippen molar-refractivity contribution >= 4 is 5.91 Å². The molecule has 0 fully saturated rings. The number of aryl methyl sites for hydroxylation is 1. The summed E-state index contributed by atoms with van der Waals surface area (Å²) in [6, 6.07) is 16.7. The van der Waals surface area contributed by atoms with Gasteiger partial charge in [-0.1, -0.05) is 42.0 Å². The first kappa shape index (κ1) is 18.1. The molecule has 0 aromatic heterocycles. The highest BCUT2D eigenvalue weighted by molar-refractivity contribution is 5.97. The third kappa shape index (κ3) is 6.04. The Balaban J connectivity index is 1.81. The van der Waals surface area contributed by atoms with Crippen molar-refractivity contribution in [2.75, 3.05) is 6.54 Å². The molecule has 0 bridgehead atoms. The second-order valence-corrected chi connectivity index (χ2v) is 5.71. The van der Waals surface area contributed by atoms with Crippen molar-refractivity contribution < 1.29 is 9.90 Å². The Morgan fingerprint density at radius 2 is 1.96 bits per heavy atom. The van der Waals surface area contributed by atoms with Gasteiger partial charge in [0.15, 0.2) is 0 Å². The predicted molar refractivity (Wildman–Crippen MR) is 96.5 cm³/mol. The Kier molecular flexibility index (Phi) is 6.61. The van der Waals surface area contributed by atoms with Crippen LogP contribution in [-0.2, 0) is 17.8 Å². The third-order valence-corrected chi connectivity index (χ3v) is 3.64. The van der Waals surface area contributed by atoms with Crippen LogP contribution in [0.3, 0.4) is 0 Å². The first-order valence-corrected chi connectivity index (χ1v) is 8.04. The van der Waals surface area contributed by atoms with Crippen molar-refractivity contribution in [2.45, 2.75) is 19.9 Å². The van der Waals surface area contributed by atoms with Crippen molar-refractivity contribution in [3.8, 4) is 11.8 Å². The van der Waals surface area contributed by atoms with Gasteiger partial charge in [-0.05, 0) is 36.6 Å². The van der Waals surface area contributed by atoms with Crippen LogP contribution >= 0.6 is 0 Å². The number of nitrogens with one attached hydrogen (secondary N) is 2. The Morgan fingerprint density at radius 1 is 1.20 bits per heavy atom. The summed E-state index contributed by atoms with van der Waals surface area (Å²) < 4.78 is 0. The van der Waals surface area contributed by atoms with Gasteiger partial charge in [0.05, 0.1) is 0 Å². The molecule has 0 saturated carbocycles. The van der Waals surface area contributed by atoms with Gasteiger partial charge in [-0.25, -0.2) is 0 Å². The van der Waals surface area contributed by atoms with E-state index in [0.717, 1.165) is 16.7 Å². The minimum Gasteiger partial charge on any atom is -0.508 e. The van der Waals surface area contributed by atoms with Crippen molar-refractivity contribution in [1.82, 2.24) is 10.6 Å². The predicted octanol–water partition coefficient (Wildman–Crippen LogP) is 2.56. The highest BCUT2D eigenvalue weighted by Gasteiger charge is 2.07. The molecule has 2 rings (SSSR count). The maximum absolute atomic E-state index is 12.0. The number of rotatable bonds is 7. The monoisotopic (exact) mass is 335 g/mol. The van der Waals surface area contributed by atoms with Gasteiger partial charge in [0.2, 0.25) is 0 Å². The van der Waals surface area contributed by atoms with E-state index >= 15 is 0 Å². The molecule has 0 heterocycles. The maximum Gasteiger partial charge on any atom is 0.263 e. The first-order valence-electron chi connectivity index (χ1n) is 8.04. The molecule has 0 aliphatic heterocycles. The molecule has 5 nitrogen and oxygen atoms in total. The zero-order valence-corrected chi connectivity index (χ0v) is 14.1. The molecule has 25 heavy (non-hydrogen) atoms. The van der Waals surface area contributed by atoms with E-state index in [0.29, 0.717) is 19.5 Å². The first-order chi connectivity index (χ1) is 12.1. The van der Waals surface area contributed by atoms with Crippen LogP contribution in [0, 0.1) is 18.3 Å². The molecule has 0 saturated heterocycles. The van der Waals surface area contributed by atoms with Crippen LogP contribution in [0.5, 0.6) is 5.75 Å². The zero-order valence-electron chi connectivity index (χ0n) is 14.1. The fourth-order valence-corrected chi connectivity index (χ4v) is 2.32. The average Bonchev–Trinajstić information content (AvgIpc) is 2.60. The summed E-state index contributed by atoms with van der Waals surface area (Å²) in [4.78, 5) is 12.0. The van der Waals surface area contributed by atoms with Gasteiger partial charge in [-0.3, -0.25) is 4.79 Å². The lowest BCUT2D eigenvalue weighted by molar-refractivity contribution is -0.117. The van der Waals surface area contributed by atoms with Gasteiger partial charge in [-0.15, -0.1) is 0 Å². The molecular weight excluding hydrogens is 314 g/mol. The molecule has 2 aromatic carbocycles. The molecule has 0 atom stereocenters. The van der Waals surface area contributed by atoms with Crippen LogP contribution in [0.1, 0.15) is 16.7 Å². The SMILES string of the molecule is Cc1cccc(CN/C=C(/C#N)C(=O)NCCc2ccc(O)cc2)c1. The number of phenolic OH excluding ortho intramolecular Hbond substituents is 1. The van der Waals surface area contributed by atoms with E-state index in [9.17, 15) is 9.90 Å². The van der Waals surface area contributed by atoms with Crippen LogP contribution in [0.15, 0.2) is 60.3 Å². The Labute approximate surface area is 147 Å². The lowest BCUT2D eigenvalue weighted by atomic mass is 10.1. The molecule has 0 spiro atoms. The molecule has 5 heteroatoms. The summed E-state index contributed by atoms with van der Waals surface area (Å²) in [6.45, 7) is 2.98. The number of aromatic hydroxyl groups is 1. The molecule has 128 valence electrons. The Morgan fingerprint density at radius 3 is 2.64 bits per heavy atom. The van der Waals surface area contributed by atoms with Crippen molar-refractivity contribution in [3.05, 3.63) is 77.0 Å². The number of hydrogen-bond donors (Lipinski definition) is 3. The number of carbonyl (C=O) groups excluding carboxylic acids is 1. The van der Waals surface area contributed by atoms with Crippen molar-refractivity contribution in [1.29, 1.82) is 5.26 Å². The average molecular weight is 335 g/mol. The van der Waals surface area contributed by atoms with Crippen LogP contribution < -0.4 is 10.6 Å². The van der Waals surface area contributed by atoms with Gasteiger partial charge >= 0.3 is 0 Å². The second-order valence-electron chi connectivity index (χ2n) is 5.71. The number of carbonyl (C=O) groups is 1. The van der Waals surface area contributed by atoms with E-state index in [-0.39, 0.29) is 11.3 Å². The molecule has 0 radical (unpaired) electrons. The molecule has 0 aliphatic rings. The van der Waals surface area contributed by atoms with E-state index in [1.165, 1.54) is 6.20 Å². The summed E-state index contributed by atoms with van der Waals surface area (Å²) in [7, 11) is 0. The minimum absolute atomic E-state index is 0.0401. The van der Waals surface area contributed by atoms with E-state index < -0.39 is 5.91 Å². The fourth-order valence-electron chi connectivity index (χ4n) is 2.32. The highest BCUT2D eigenvalue weighted by Crippen LogP contribution is 2.09. The highest BCUT2D eigenvalue weighted by atomic mass is 16.3. The summed E-state index contributed by atoms with van der Waals surface area (Å²) in [5.74, 6) is -0.194. The van der Waals surface area contributed by atoms with E-state index in [4.69, 9.17) is 5.26 Å². The lowest BCUT2D eigenvalue weighted by Crippen LogP contribution is -2.27. The van der Waals surface area contributed by atoms with Crippen molar-refractivity contribution in [3.63, 3.8) is 0 Å². The second kappa shape index (κ2) is 9.14. The zero-order chi connectivity index (χ0) is 18.1. The number of amides is 1. The molecule has 0 unspecified atom stereocenters. The van der Waals surface area contributed by atoms with Crippen LogP contribution in [-0.4, -0.2) is 17.6 Å². The van der Waals surface area contributed by atoms with Gasteiger partial charge in [0.25, 0.3) is 5.91 Å². The maximum atomic E-state index is 12.0. The molecular formula is C20H21N3O2. The third-order valence-electron chi connectivity index (χ3n) is 3.64. The largest absolute Gasteiger partial charge is 0.508 e. The summed E-state index contributed by atoms with van der Waals surface area (Å²) >= 11 is 0.